The van der Waals surface area contributed by atoms with Gasteiger partial charge in [0.05, 0.1) is 10.9 Å². The Balaban J connectivity index is 1.61. The zero-order chi connectivity index (χ0) is 21.1. The Morgan fingerprint density at radius 3 is 2.00 bits per heavy atom. The van der Waals surface area contributed by atoms with Crippen molar-refractivity contribution in [2.24, 2.45) is 0 Å². The molecule has 0 saturated carbocycles. The van der Waals surface area contributed by atoms with E-state index in [1.165, 1.54) is 22.3 Å². The van der Waals surface area contributed by atoms with Gasteiger partial charge in [-0.2, -0.15) is 4.31 Å². The first-order valence-corrected chi connectivity index (χ1v) is 11.8. The quantitative estimate of drug-likeness (QED) is 0.614. The maximum absolute atomic E-state index is 13.0. The summed E-state index contributed by atoms with van der Waals surface area (Å²) in [6, 6.07) is 25.9. The van der Waals surface area contributed by atoms with Crippen LogP contribution in [0.5, 0.6) is 0 Å². The topological polar surface area (TPSA) is 40.6 Å². The summed E-state index contributed by atoms with van der Waals surface area (Å²) in [6.07, 6.45) is 0. The van der Waals surface area contributed by atoms with Crippen LogP contribution in [0.3, 0.4) is 0 Å². The number of nitrogens with zero attached hydrogens (tertiary/aromatic N) is 2. The SMILES string of the molecule is Cc1ccc(C)c([C@@H](c2ccccc2)N2CCN(S(=O)(=O)c3ccccc3)CC2)c1. The van der Waals surface area contributed by atoms with E-state index >= 15 is 0 Å². The Bertz CT molecular complexity index is 1090. The van der Waals surface area contributed by atoms with Crippen molar-refractivity contribution in [3.8, 4) is 0 Å². The molecule has 1 heterocycles. The molecule has 5 heteroatoms. The fourth-order valence-electron chi connectivity index (χ4n) is 4.22. The van der Waals surface area contributed by atoms with E-state index in [1.54, 1.807) is 28.6 Å². The highest BCUT2D eigenvalue weighted by atomic mass is 32.2. The molecule has 3 aromatic rings. The minimum absolute atomic E-state index is 0.118. The van der Waals surface area contributed by atoms with Crippen LogP contribution in [0, 0.1) is 13.8 Å². The third kappa shape index (κ3) is 4.19. The fourth-order valence-corrected chi connectivity index (χ4v) is 5.66. The Morgan fingerprint density at radius 1 is 0.767 bits per heavy atom. The van der Waals surface area contributed by atoms with Crippen LogP contribution in [0.1, 0.15) is 28.3 Å². The molecular formula is C25H28N2O2S. The van der Waals surface area contributed by atoms with Gasteiger partial charge in [0, 0.05) is 26.2 Å². The highest BCUT2D eigenvalue weighted by molar-refractivity contribution is 7.89. The molecule has 0 aliphatic carbocycles. The Kier molecular flexibility index (Phi) is 6.04. The van der Waals surface area contributed by atoms with Crippen molar-refractivity contribution >= 4 is 10.0 Å². The maximum atomic E-state index is 13.0. The lowest BCUT2D eigenvalue weighted by atomic mass is 9.92. The van der Waals surface area contributed by atoms with Crippen LogP contribution in [-0.4, -0.2) is 43.8 Å². The van der Waals surface area contributed by atoms with E-state index in [-0.39, 0.29) is 6.04 Å². The van der Waals surface area contributed by atoms with Gasteiger partial charge in [-0.15, -0.1) is 0 Å². The first-order valence-electron chi connectivity index (χ1n) is 10.4. The van der Waals surface area contributed by atoms with Gasteiger partial charge in [-0.1, -0.05) is 72.3 Å². The number of hydrogen-bond acceptors (Lipinski definition) is 3. The third-order valence-corrected chi connectivity index (χ3v) is 7.78. The second-order valence-electron chi connectivity index (χ2n) is 7.93. The molecule has 1 aliphatic heterocycles. The molecule has 0 aromatic heterocycles. The molecule has 4 nitrogen and oxygen atoms in total. The Morgan fingerprint density at radius 2 is 1.37 bits per heavy atom. The van der Waals surface area contributed by atoms with Crippen LogP contribution in [0.25, 0.3) is 0 Å². The van der Waals surface area contributed by atoms with Crippen molar-refractivity contribution in [3.05, 3.63) is 101 Å². The van der Waals surface area contributed by atoms with Gasteiger partial charge < -0.3 is 0 Å². The van der Waals surface area contributed by atoms with Crippen LogP contribution in [0.4, 0.5) is 0 Å². The molecule has 4 rings (SSSR count). The summed E-state index contributed by atoms with van der Waals surface area (Å²) >= 11 is 0. The number of piperazine rings is 1. The first-order chi connectivity index (χ1) is 14.5. The first kappa shape index (κ1) is 20.8. The van der Waals surface area contributed by atoms with Crippen molar-refractivity contribution in [1.82, 2.24) is 9.21 Å². The molecule has 0 amide bonds. The van der Waals surface area contributed by atoms with Crippen molar-refractivity contribution in [2.45, 2.75) is 24.8 Å². The average Bonchev–Trinajstić information content (AvgIpc) is 2.78. The molecule has 0 unspecified atom stereocenters. The van der Waals surface area contributed by atoms with Gasteiger partial charge in [0.25, 0.3) is 0 Å². The molecule has 1 aliphatic rings. The molecule has 156 valence electrons. The number of aryl methyl sites for hydroxylation is 2. The van der Waals surface area contributed by atoms with Crippen molar-refractivity contribution in [3.63, 3.8) is 0 Å². The van der Waals surface area contributed by atoms with Gasteiger partial charge >= 0.3 is 0 Å². The van der Waals surface area contributed by atoms with Gasteiger partial charge in [-0.3, -0.25) is 4.90 Å². The summed E-state index contributed by atoms with van der Waals surface area (Å²) in [6.45, 7) is 6.64. The molecule has 1 saturated heterocycles. The van der Waals surface area contributed by atoms with E-state index in [4.69, 9.17) is 0 Å². The molecular weight excluding hydrogens is 392 g/mol. The normalized spacial score (nSPS) is 17.0. The molecule has 1 atom stereocenters. The van der Waals surface area contributed by atoms with E-state index < -0.39 is 10.0 Å². The van der Waals surface area contributed by atoms with Gasteiger partial charge in [0.2, 0.25) is 10.0 Å². The van der Waals surface area contributed by atoms with Crippen LogP contribution in [0.2, 0.25) is 0 Å². The third-order valence-electron chi connectivity index (χ3n) is 5.86. The largest absolute Gasteiger partial charge is 0.290 e. The van der Waals surface area contributed by atoms with E-state index in [9.17, 15) is 8.42 Å². The molecule has 0 N–H and O–H groups in total. The molecule has 0 bridgehead atoms. The summed E-state index contributed by atoms with van der Waals surface area (Å²) in [5, 5.41) is 0. The zero-order valence-corrected chi connectivity index (χ0v) is 18.3. The lowest BCUT2D eigenvalue weighted by Gasteiger charge is -2.39. The predicted octanol–water partition coefficient (Wildman–Crippen LogP) is 4.40. The number of hydrogen-bond donors (Lipinski definition) is 0. The van der Waals surface area contributed by atoms with Gasteiger partial charge in [-0.25, -0.2) is 8.42 Å². The lowest BCUT2D eigenvalue weighted by molar-refractivity contribution is 0.155. The molecule has 0 spiro atoms. The van der Waals surface area contributed by atoms with Crippen LogP contribution in [0.15, 0.2) is 83.8 Å². The van der Waals surface area contributed by atoms with E-state index in [0.717, 1.165) is 0 Å². The van der Waals surface area contributed by atoms with Crippen LogP contribution in [-0.2, 0) is 10.0 Å². The van der Waals surface area contributed by atoms with Crippen molar-refractivity contribution in [2.75, 3.05) is 26.2 Å². The van der Waals surface area contributed by atoms with Crippen LogP contribution < -0.4 is 0 Å². The number of sulfonamides is 1. The van der Waals surface area contributed by atoms with Gasteiger partial charge in [0.15, 0.2) is 0 Å². The summed E-state index contributed by atoms with van der Waals surface area (Å²) in [5.74, 6) is 0. The Hall–Kier alpha value is -2.47. The predicted molar refractivity (Wildman–Crippen MR) is 121 cm³/mol. The number of benzene rings is 3. The monoisotopic (exact) mass is 420 g/mol. The molecule has 1 fully saturated rings. The Labute approximate surface area is 179 Å². The minimum atomic E-state index is -3.45. The summed E-state index contributed by atoms with van der Waals surface area (Å²) in [5.41, 5.74) is 5.03. The van der Waals surface area contributed by atoms with E-state index in [1.807, 2.05) is 12.1 Å². The smallest absolute Gasteiger partial charge is 0.243 e. The average molecular weight is 421 g/mol. The summed E-state index contributed by atoms with van der Waals surface area (Å²) < 4.78 is 27.6. The fraction of sp³-hybridized carbons (Fsp3) is 0.280. The minimum Gasteiger partial charge on any atom is -0.290 e. The maximum Gasteiger partial charge on any atom is 0.243 e. The van der Waals surface area contributed by atoms with E-state index in [2.05, 4.69) is 61.2 Å². The van der Waals surface area contributed by atoms with Crippen LogP contribution >= 0.6 is 0 Å². The zero-order valence-electron chi connectivity index (χ0n) is 17.5. The van der Waals surface area contributed by atoms with Crippen molar-refractivity contribution in [1.29, 1.82) is 0 Å². The van der Waals surface area contributed by atoms with Gasteiger partial charge in [-0.05, 0) is 42.7 Å². The highest BCUT2D eigenvalue weighted by Crippen LogP contribution is 2.33. The molecule has 0 radical (unpaired) electrons. The lowest BCUT2D eigenvalue weighted by Crippen LogP contribution is -2.49. The highest BCUT2D eigenvalue weighted by Gasteiger charge is 2.32. The summed E-state index contributed by atoms with van der Waals surface area (Å²) in [7, 11) is -3.45. The summed E-state index contributed by atoms with van der Waals surface area (Å²) in [4.78, 5) is 2.78. The van der Waals surface area contributed by atoms with Crippen molar-refractivity contribution < 1.29 is 8.42 Å². The standard InChI is InChI=1S/C25H28N2O2S/c1-20-13-14-21(2)24(19-20)25(22-9-5-3-6-10-22)26-15-17-27(18-16-26)30(28,29)23-11-7-4-8-12-23/h3-14,19,25H,15-18H2,1-2H3/t25-/m1/s1. The van der Waals surface area contributed by atoms with E-state index in [0.29, 0.717) is 31.1 Å². The second-order valence-corrected chi connectivity index (χ2v) is 9.86. The van der Waals surface area contributed by atoms with Gasteiger partial charge in [0.1, 0.15) is 0 Å². The number of rotatable bonds is 5. The second kappa shape index (κ2) is 8.72. The molecule has 3 aromatic carbocycles. The molecule has 30 heavy (non-hydrogen) atoms.